The van der Waals surface area contributed by atoms with Crippen molar-refractivity contribution in [2.24, 2.45) is 0 Å². The number of carboxylic acids is 1. The Kier molecular flexibility index (Phi) is 23.5. The molecule has 4 aromatic rings. The Balaban J connectivity index is 0.000000284. The first-order chi connectivity index (χ1) is 37.7. The Bertz CT molecular complexity index is 3040. The minimum atomic E-state index is -1.26. The van der Waals surface area contributed by atoms with Crippen LogP contribution in [-0.2, 0) is 47.8 Å². The second kappa shape index (κ2) is 29.4. The summed E-state index contributed by atoms with van der Waals surface area (Å²) in [5, 5.41) is 29.7. The molecule has 0 fully saturated rings. The number of esters is 4. The number of carbonyl (C=O) groups excluding carboxylic acids is 8. The number of H-pyrrole nitrogens is 2. The number of likely N-dealkylation sites (N-methyl/N-ethyl adjacent to an activating group) is 2. The third-order valence-corrected chi connectivity index (χ3v) is 13.0. The Morgan fingerprint density at radius 3 is 1.43 bits per heavy atom. The van der Waals surface area contributed by atoms with E-state index in [1.807, 2.05) is 27.7 Å². The molecule has 0 saturated heterocycles. The number of rotatable bonds is 21. The predicted octanol–water partition coefficient (Wildman–Crippen LogP) is 5.91. The number of phenols is 1. The minimum Gasteiger partial charge on any atom is -0.508 e. The van der Waals surface area contributed by atoms with Gasteiger partial charge < -0.3 is 70.2 Å². The zero-order chi connectivity index (χ0) is 59.7. The smallest absolute Gasteiger partial charge is 0.352 e. The van der Waals surface area contributed by atoms with Crippen molar-refractivity contribution in [3.63, 3.8) is 0 Å². The third kappa shape index (κ3) is 17.2. The normalized spacial score (nSPS) is 14.3. The number of fused-ring (bicyclic) bond motifs is 2. The van der Waals surface area contributed by atoms with Crippen LogP contribution in [0.25, 0.3) is 23.3 Å². The van der Waals surface area contributed by atoms with Crippen molar-refractivity contribution in [1.29, 1.82) is 0 Å². The first-order valence-corrected chi connectivity index (χ1v) is 26.2. The molecule has 80 heavy (non-hydrogen) atoms. The molecule has 0 aliphatic carbocycles. The van der Waals surface area contributed by atoms with Crippen molar-refractivity contribution in [3.05, 3.63) is 92.6 Å². The highest BCUT2D eigenvalue weighted by Crippen LogP contribution is 2.38. The van der Waals surface area contributed by atoms with E-state index in [1.165, 1.54) is 33.8 Å². The summed E-state index contributed by atoms with van der Waals surface area (Å²) in [7, 11) is 0. The standard InChI is InChI=1S/C27H34N4O6.C22H28N4O3.C8H12O6/c1-7-31(8-2)12-11-28-26(34)24-15(3)23(29-16(24)4)14-21-20-13-19(9-10-22(20)30-25(21)33)37-27(35)17(5)36-18(6)32;1-5-26(6-2)10-9-23-22(29)20-13(3)19(24-14(20)4)12-17-16-11-15(27)7-8-18(16)25-21(17)28;1-4(7(10)11)14-8(12)5(2)13-6(3)9/h9-10,13-14,17,29H,7-8,11-12H2,1-6H3,(H,28,34)(H,30,33);7-8,11-12,24,27H,5-6,9-10H2,1-4H3,(H,23,29)(H,25,28);4-5H,1-3H3,(H,10,11)/b21-14-;17-12-;/t17-;;4-,5+/m0.1/s1. The first-order valence-electron chi connectivity index (χ1n) is 26.2. The molecule has 8 N–H and O–H groups in total. The van der Waals surface area contributed by atoms with Crippen molar-refractivity contribution >= 4 is 88.1 Å². The molecular weight excluding hydrogens is 1040 g/mol. The van der Waals surface area contributed by atoms with Crippen LogP contribution in [0.5, 0.6) is 11.5 Å². The third-order valence-electron chi connectivity index (χ3n) is 13.0. The number of aromatic amines is 2. The number of ether oxygens (including phenoxy) is 4. The van der Waals surface area contributed by atoms with Gasteiger partial charge in [0.15, 0.2) is 18.3 Å². The molecule has 23 heteroatoms. The molecule has 0 radical (unpaired) electrons. The SMILES string of the molecule is CC(=O)O[C@@H](C)C(=O)O[C@H](C)C(=O)O.CCN(CC)CCNC(=O)c1c(C)[nH]c(/C=C2\C(=O)Nc3ccc(O)cc32)c1C.CCN(CC)CCNC(=O)c1c(C)[nH]c(/C=C2\C(=O)Nc3ccc(OC(=O)[C@H](C)OC(C)=O)cc32)c1C. The summed E-state index contributed by atoms with van der Waals surface area (Å²) < 4.78 is 19.1. The fourth-order valence-corrected chi connectivity index (χ4v) is 8.53. The van der Waals surface area contributed by atoms with Crippen LogP contribution in [0.1, 0.15) is 128 Å². The van der Waals surface area contributed by atoms with Crippen LogP contribution in [-0.4, -0.2) is 154 Å². The van der Waals surface area contributed by atoms with Gasteiger partial charge in [0.05, 0.1) is 22.3 Å². The number of aryl methyl sites for hydroxylation is 2. The van der Waals surface area contributed by atoms with Gasteiger partial charge in [0.1, 0.15) is 11.5 Å². The molecule has 6 rings (SSSR count). The van der Waals surface area contributed by atoms with Crippen LogP contribution in [0.2, 0.25) is 0 Å². The molecule has 2 aromatic heterocycles. The van der Waals surface area contributed by atoms with Crippen molar-refractivity contribution in [2.75, 3.05) is 63.0 Å². The van der Waals surface area contributed by atoms with Crippen LogP contribution >= 0.6 is 0 Å². The van der Waals surface area contributed by atoms with Crippen LogP contribution in [0.3, 0.4) is 0 Å². The van der Waals surface area contributed by atoms with Crippen LogP contribution in [0.4, 0.5) is 11.4 Å². The van der Waals surface area contributed by atoms with Gasteiger partial charge in [-0.1, -0.05) is 27.7 Å². The Morgan fingerprint density at radius 2 is 1.01 bits per heavy atom. The van der Waals surface area contributed by atoms with Gasteiger partial charge in [0, 0.05) is 85.3 Å². The lowest BCUT2D eigenvalue weighted by Crippen LogP contribution is -2.35. The maximum Gasteiger partial charge on any atom is 0.352 e. The fraction of sp³-hybridized carbons (Fsp3) is 0.421. The number of aromatic hydroxyl groups is 1. The van der Waals surface area contributed by atoms with Crippen LogP contribution < -0.4 is 26.0 Å². The second-order valence-corrected chi connectivity index (χ2v) is 18.7. The number of carbonyl (C=O) groups is 9. The first kappa shape index (κ1) is 64.0. The lowest BCUT2D eigenvalue weighted by Gasteiger charge is -2.18. The van der Waals surface area contributed by atoms with Crippen molar-refractivity contribution in [1.82, 2.24) is 30.4 Å². The molecule has 2 aliphatic rings. The average Bonchev–Trinajstić information content (AvgIpc) is 4.22. The van der Waals surface area contributed by atoms with E-state index in [1.54, 1.807) is 42.5 Å². The highest BCUT2D eigenvalue weighted by molar-refractivity contribution is 6.35. The average molecular weight is 1110 g/mol. The lowest BCUT2D eigenvalue weighted by atomic mass is 10.0. The Labute approximate surface area is 464 Å². The van der Waals surface area contributed by atoms with Crippen molar-refractivity contribution < 1.29 is 72.3 Å². The molecule has 0 spiro atoms. The minimum absolute atomic E-state index is 0.0961. The summed E-state index contributed by atoms with van der Waals surface area (Å²) in [5.74, 6) is -4.63. The molecule has 0 saturated carbocycles. The second-order valence-electron chi connectivity index (χ2n) is 18.7. The van der Waals surface area contributed by atoms with E-state index in [-0.39, 0.29) is 35.1 Å². The molecule has 0 bridgehead atoms. The van der Waals surface area contributed by atoms with Gasteiger partial charge in [-0.25, -0.2) is 14.4 Å². The van der Waals surface area contributed by atoms with Gasteiger partial charge in [0.2, 0.25) is 0 Å². The number of phenolic OH excluding ortho intramolecular Hbond substituents is 1. The number of nitrogens with one attached hydrogen (secondary N) is 6. The molecule has 3 atom stereocenters. The molecule has 23 nitrogen and oxygen atoms in total. The maximum atomic E-state index is 12.9. The van der Waals surface area contributed by atoms with Crippen molar-refractivity contribution in [2.45, 2.75) is 108 Å². The largest absolute Gasteiger partial charge is 0.508 e. The topological polar surface area (TPSA) is 317 Å². The number of nitrogens with zero attached hydrogens (tertiary/aromatic N) is 2. The van der Waals surface area contributed by atoms with E-state index < -0.39 is 48.2 Å². The van der Waals surface area contributed by atoms with Gasteiger partial charge in [-0.2, -0.15) is 0 Å². The number of aromatic nitrogens is 2. The monoisotopic (exact) mass is 1110 g/mol. The van der Waals surface area contributed by atoms with Gasteiger partial charge in [-0.05, 0) is 134 Å². The summed E-state index contributed by atoms with van der Waals surface area (Å²) >= 11 is 0. The zero-order valence-corrected chi connectivity index (χ0v) is 47.6. The Morgan fingerprint density at radius 1 is 0.600 bits per heavy atom. The summed E-state index contributed by atoms with van der Waals surface area (Å²) in [6, 6.07) is 9.52. The van der Waals surface area contributed by atoms with E-state index >= 15 is 0 Å². The number of benzene rings is 2. The van der Waals surface area contributed by atoms with E-state index in [0.717, 1.165) is 63.0 Å². The molecule has 432 valence electrons. The highest BCUT2D eigenvalue weighted by Gasteiger charge is 2.29. The number of aliphatic carboxylic acids is 1. The zero-order valence-electron chi connectivity index (χ0n) is 47.6. The number of hydrogen-bond donors (Lipinski definition) is 8. The quantitative estimate of drug-likeness (QED) is 0.0158. The molecule has 4 heterocycles. The summed E-state index contributed by atoms with van der Waals surface area (Å²) in [6.45, 7) is 28.4. The van der Waals surface area contributed by atoms with Gasteiger partial charge in [0.25, 0.3) is 23.6 Å². The summed E-state index contributed by atoms with van der Waals surface area (Å²) in [4.78, 5) is 117. The number of anilines is 2. The Hall–Kier alpha value is -8.57. The molecular formula is C57H74N8O15. The van der Waals surface area contributed by atoms with E-state index in [4.69, 9.17) is 14.6 Å². The molecule has 2 aliphatic heterocycles. The van der Waals surface area contributed by atoms with E-state index in [0.29, 0.717) is 74.9 Å². The molecule has 0 unspecified atom stereocenters. The van der Waals surface area contributed by atoms with Crippen LogP contribution in [0, 0.1) is 27.7 Å². The molecule has 4 amide bonds. The predicted molar refractivity (Wildman–Crippen MR) is 300 cm³/mol. The fourth-order valence-electron chi connectivity index (χ4n) is 8.53. The van der Waals surface area contributed by atoms with E-state index in [9.17, 15) is 48.3 Å². The number of hydrogen-bond acceptors (Lipinski definition) is 16. The molecule has 2 aromatic carbocycles. The van der Waals surface area contributed by atoms with Crippen molar-refractivity contribution in [3.8, 4) is 11.5 Å². The van der Waals surface area contributed by atoms with Gasteiger partial charge in [-0.3, -0.25) is 28.8 Å². The van der Waals surface area contributed by atoms with Gasteiger partial charge >= 0.3 is 29.8 Å². The highest BCUT2D eigenvalue weighted by atomic mass is 16.6. The van der Waals surface area contributed by atoms with Crippen LogP contribution in [0.15, 0.2) is 36.4 Å². The summed E-state index contributed by atoms with van der Waals surface area (Å²) in [6.07, 6.45) is 0.00951. The summed E-state index contributed by atoms with van der Waals surface area (Å²) in [5.41, 5.74) is 8.70. The maximum absolute atomic E-state index is 12.9. The van der Waals surface area contributed by atoms with E-state index in [2.05, 4.69) is 78.2 Å². The number of carboxylic acid groups (broad SMARTS) is 1. The number of amides is 4. The lowest BCUT2D eigenvalue weighted by molar-refractivity contribution is -0.174. The van der Waals surface area contributed by atoms with Gasteiger partial charge in [-0.15, -0.1) is 0 Å².